The van der Waals surface area contributed by atoms with Crippen molar-refractivity contribution < 1.29 is 13.7 Å². The predicted molar refractivity (Wildman–Crippen MR) is 82.1 cm³/mol. The smallest absolute Gasteiger partial charge is 0.167 e. The minimum Gasteiger partial charge on any atom is -0.494 e. The summed E-state index contributed by atoms with van der Waals surface area (Å²) in [7, 11) is 3.42. The number of ether oxygens (including phenoxy) is 1. The summed E-state index contributed by atoms with van der Waals surface area (Å²) in [5.74, 6) is -0.0887. The monoisotopic (exact) mass is 300 g/mol. The van der Waals surface area contributed by atoms with E-state index in [0.29, 0.717) is 13.1 Å². The number of para-hydroxylation sites is 1. The minimum atomic E-state index is -0.347. The molecule has 0 spiro atoms. The van der Waals surface area contributed by atoms with Gasteiger partial charge in [0.05, 0.1) is 7.11 Å². The van der Waals surface area contributed by atoms with Gasteiger partial charge >= 0.3 is 0 Å². The van der Waals surface area contributed by atoms with Gasteiger partial charge in [-0.15, -0.1) is 0 Å². The van der Waals surface area contributed by atoms with Gasteiger partial charge in [0.15, 0.2) is 17.1 Å². The molecule has 1 heterocycles. The zero-order valence-electron chi connectivity index (χ0n) is 12.5. The van der Waals surface area contributed by atoms with Gasteiger partial charge in [-0.2, -0.15) is 0 Å². The number of hydrogen-bond donors (Lipinski definition) is 0. The van der Waals surface area contributed by atoms with Gasteiger partial charge in [-0.3, -0.25) is 4.90 Å². The average molecular weight is 300 g/mol. The largest absolute Gasteiger partial charge is 0.494 e. The molecule has 0 fully saturated rings. The van der Waals surface area contributed by atoms with Gasteiger partial charge in [0.25, 0.3) is 0 Å². The molecule has 1 aromatic heterocycles. The number of rotatable bonds is 5. The van der Waals surface area contributed by atoms with E-state index in [1.54, 1.807) is 6.07 Å². The molecule has 0 aliphatic heterocycles. The number of nitrogens with zero attached hydrogens (tertiary/aromatic N) is 2. The van der Waals surface area contributed by atoms with Crippen LogP contribution in [0.3, 0.4) is 0 Å². The van der Waals surface area contributed by atoms with Crippen LogP contribution in [0.15, 0.2) is 47.0 Å². The molecular weight excluding hydrogens is 283 g/mol. The summed E-state index contributed by atoms with van der Waals surface area (Å²) in [6, 6.07) is 12.8. The summed E-state index contributed by atoms with van der Waals surface area (Å²) in [4.78, 5) is 2.06. The lowest BCUT2D eigenvalue weighted by Crippen LogP contribution is -2.17. The second-order valence-electron chi connectivity index (χ2n) is 5.27. The van der Waals surface area contributed by atoms with Crippen LogP contribution >= 0.6 is 0 Å². The highest BCUT2D eigenvalue weighted by Gasteiger charge is 2.11. The molecule has 0 unspecified atom stereocenters. The van der Waals surface area contributed by atoms with Crippen LogP contribution in [-0.4, -0.2) is 24.2 Å². The van der Waals surface area contributed by atoms with Crippen molar-refractivity contribution in [3.8, 4) is 5.75 Å². The van der Waals surface area contributed by atoms with Gasteiger partial charge in [0, 0.05) is 18.5 Å². The Labute approximate surface area is 128 Å². The third-order valence-corrected chi connectivity index (χ3v) is 3.54. The van der Waals surface area contributed by atoms with E-state index >= 15 is 0 Å². The Balaban J connectivity index is 1.72. The molecule has 0 saturated heterocycles. The molecule has 0 atom stereocenters. The summed E-state index contributed by atoms with van der Waals surface area (Å²) < 4.78 is 23.9. The lowest BCUT2D eigenvalue weighted by Gasteiger charge is -2.15. The first-order valence-electron chi connectivity index (χ1n) is 7.01. The lowest BCUT2D eigenvalue weighted by atomic mass is 10.1. The maximum atomic E-state index is 13.7. The fourth-order valence-corrected chi connectivity index (χ4v) is 2.48. The lowest BCUT2D eigenvalue weighted by molar-refractivity contribution is 0.305. The number of fused-ring (bicyclic) bond motifs is 1. The van der Waals surface area contributed by atoms with Crippen LogP contribution in [-0.2, 0) is 13.1 Å². The van der Waals surface area contributed by atoms with E-state index < -0.39 is 0 Å². The summed E-state index contributed by atoms with van der Waals surface area (Å²) in [5, 5.41) is 5.12. The second-order valence-corrected chi connectivity index (χ2v) is 5.27. The van der Waals surface area contributed by atoms with Crippen molar-refractivity contribution in [2.45, 2.75) is 13.1 Å². The van der Waals surface area contributed by atoms with Crippen LogP contribution < -0.4 is 4.74 Å². The Morgan fingerprint density at radius 1 is 1.18 bits per heavy atom. The minimum absolute atomic E-state index is 0.258. The van der Waals surface area contributed by atoms with Crippen LogP contribution in [0, 0.1) is 5.82 Å². The molecule has 3 aromatic rings. The number of methoxy groups -OCH3 is 1. The third kappa shape index (κ3) is 2.94. The quantitative estimate of drug-likeness (QED) is 0.721. The van der Waals surface area contributed by atoms with Crippen molar-refractivity contribution in [1.82, 2.24) is 10.1 Å². The van der Waals surface area contributed by atoms with E-state index in [4.69, 9.17) is 9.26 Å². The number of hydrogen-bond acceptors (Lipinski definition) is 4. The van der Waals surface area contributed by atoms with E-state index in [0.717, 1.165) is 22.2 Å². The van der Waals surface area contributed by atoms with Crippen LogP contribution in [0.5, 0.6) is 5.75 Å². The molecular formula is C17H17FN2O2. The van der Waals surface area contributed by atoms with Crippen molar-refractivity contribution in [3.63, 3.8) is 0 Å². The summed E-state index contributed by atoms with van der Waals surface area (Å²) >= 11 is 0. The Morgan fingerprint density at radius 2 is 2.00 bits per heavy atom. The number of benzene rings is 2. The van der Waals surface area contributed by atoms with Crippen LogP contribution in [0.25, 0.3) is 11.0 Å². The molecule has 3 rings (SSSR count). The number of aromatic nitrogens is 1. The molecule has 114 valence electrons. The van der Waals surface area contributed by atoms with Gasteiger partial charge in [-0.05, 0) is 36.9 Å². The normalized spacial score (nSPS) is 11.3. The van der Waals surface area contributed by atoms with Crippen LogP contribution in [0.2, 0.25) is 0 Å². The Bertz CT molecular complexity index is 785. The highest BCUT2D eigenvalue weighted by molar-refractivity contribution is 5.79. The molecule has 0 aliphatic rings. The average Bonchev–Trinajstić information content (AvgIpc) is 2.91. The maximum absolute atomic E-state index is 13.7. The summed E-state index contributed by atoms with van der Waals surface area (Å²) in [5.41, 5.74) is 2.54. The molecule has 4 nitrogen and oxygen atoms in total. The van der Waals surface area contributed by atoms with E-state index in [2.05, 4.69) is 10.1 Å². The van der Waals surface area contributed by atoms with Crippen LogP contribution in [0.4, 0.5) is 4.39 Å². The predicted octanol–water partition coefficient (Wildman–Crippen LogP) is 3.61. The first-order valence-corrected chi connectivity index (χ1v) is 7.01. The third-order valence-electron chi connectivity index (χ3n) is 3.54. The van der Waals surface area contributed by atoms with Gasteiger partial charge in [0.1, 0.15) is 5.69 Å². The SMILES string of the molecule is COc1ccc(CN(C)Cc2noc3ccccc23)cc1F. The van der Waals surface area contributed by atoms with Crippen molar-refractivity contribution in [2.24, 2.45) is 0 Å². The van der Waals surface area contributed by atoms with E-state index in [1.807, 2.05) is 37.4 Å². The van der Waals surface area contributed by atoms with Crippen LogP contribution in [0.1, 0.15) is 11.3 Å². The van der Waals surface area contributed by atoms with Gasteiger partial charge in [-0.25, -0.2) is 4.39 Å². The van der Waals surface area contributed by atoms with Gasteiger partial charge < -0.3 is 9.26 Å². The molecule has 0 radical (unpaired) electrons. The molecule has 0 amide bonds. The van der Waals surface area contributed by atoms with Crippen molar-refractivity contribution in [2.75, 3.05) is 14.2 Å². The molecule has 0 N–H and O–H groups in total. The maximum Gasteiger partial charge on any atom is 0.167 e. The molecule has 0 aliphatic carbocycles. The van der Waals surface area contributed by atoms with Gasteiger partial charge in [0.2, 0.25) is 0 Å². The molecule has 5 heteroatoms. The van der Waals surface area contributed by atoms with E-state index in [1.165, 1.54) is 13.2 Å². The highest BCUT2D eigenvalue weighted by atomic mass is 19.1. The zero-order chi connectivity index (χ0) is 15.5. The topological polar surface area (TPSA) is 38.5 Å². The van der Waals surface area contributed by atoms with Gasteiger partial charge in [-0.1, -0.05) is 23.4 Å². The molecule has 22 heavy (non-hydrogen) atoms. The standard InChI is InChI=1S/C17H17FN2O2/c1-20(10-12-7-8-17(21-2)14(18)9-12)11-15-13-5-3-4-6-16(13)22-19-15/h3-9H,10-11H2,1-2H3. The molecule has 0 bridgehead atoms. The first-order chi connectivity index (χ1) is 10.7. The summed E-state index contributed by atoms with van der Waals surface area (Å²) in [6.07, 6.45) is 0. The summed E-state index contributed by atoms with van der Waals surface area (Å²) in [6.45, 7) is 1.24. The second kappa shape index (κ2) is 6.15. The Morgan fingerprint density at radius 3 is 2.77 bits per heavy atom. The zero-order valence-corrected chi connectivity index (χ0v) is 12.5. The molecule has 0 saturated carbocycles. The number of halogens is 1. The fourth-order valence-electron chi connectivity index (χ4n) is 2.48. The van der Waals surface area contributed by atoms with E-state index in [9.17, 15) is 4.39 Å². The van der Waals surface area contributed by atoms with Crippen molar-refractivity contribution >= 4 is 11.0 Å². The van der Waals surface area contributed by atoms with E-state index in [-0.39, 0.29) is 11.6 Å². The molecule has 2 aromatic carbocycles. The Kier molecular flexibility index (Phi) is 4.06. The first kappa shape index (κ1) is 14.5. The van der Waals surface area contributed by atoms with Crippen molar-refractivity contribution in [1.29, 1.82) is 0 Å². The highest BCUT2D eigenvalue weighted by Crippen LogP contribution is 2.21. The van der Waals surface area contributed by atoms with Crippen molar-refractivity contribution in [3.05, 3.63) is 59.5 Å². The Hall–Kier alpha value is -2.40. The fraction of sp³-hybridized carbons (Fsp3) is 0.235.